The molecule has 4 heteroatoms. The Morgan fingerprint density at radius 2 is 1.78 bits per heavy atom. The number of aryl methyl sites for hydroxylation is 2. The third-order valence-electron chi connectivity index (χ3n) is 5.49. The van der Waals surface area contributed by atoms with Gasteiger partial charge < -0.3 is 4.42 Å². The molecule has 0 N–H and O–H groups in total. The van der Waals surface area contributed by atoms with Gasteiger partial charge in [-0.1, -0.05) is 19.9 Å². The van der Waals surface area contributed by atoms with Crippen LogP contribution in [0, 0.1) is 19.3 Å². The second kappa shape index (κ2) is 6.22. The zero-order valence-corrected chi connectivity index (χ0v) is 16.3. The van der Waals surface area contributed by atoms with Crippen molar-refractivity contribution in [3.05, 3.63) is 64.8 Å². The molecule has 0 bridgehead atoms. The van der Waals surface area contributed by atoms with Crippen molar-refractivity contribution in [2.45, 2.75) is 52.9 Å². The SMILES string of the molecule is Cc1cc(C)cc(N2C(=O)CC(c3ccco3)C3=C2CC(C)(C)CC3=O)c1. The fourth-order valence-electron chi connectivity index (χ4n) is 4.53. The molecule has 1 aromatic carbocycles. The molecular formula is C23H25NO3. The first-order valence-electron chi connectivity index (χ1n) is 9.46. The lowest BCUT2D eigenvalue weighted by molar-refractivity contribution is -0.121. The molecule has 1 aliphatic carbocycles. The summed E-state index contributed by atoms with van der Waals surface area (Å²) in [7, 11) is 0. The van der Waals surface area contributed by atoms with Crippen LogP contribution in [0.2, 0.25) is 0 Å². The van der Waals surface area contributed by atoms with Crippen molar-refractivity contribution in [1.82, 2.24) is 0 Å². The van der Waals surface area contributed by atoms with Crippen LogP contribution in [0.25, 0.3) is 0 Å². The van der Waals surface area contributed by atoms with Crippen LogP contribution < -0.4 is 4.90 Å². The van der Waals surface area contributed by atoms with Gasteiger partial charge in [-0.15, -0.1) is 0 Å². The van der Waals surface area contributed by atoms with E-state index in [2.05, 4.69) is 19.9 Å². The maximum atomic E-state index is 13.2. The minimum absolute atomic E-state index is 0.0191. The van der Waals surface area contributed by atoms with Gasteiger partial charge >= 0.3 is 0 Å². The molecule has 4 rings (SSSR count). The van der Waals surface area contributed by atoms with Gasteiger partial charge in [0.15, 0.2) is 5.78 Å². The molecule has 1 aromatic heterocycles. The van der Waals surface area contributed by atoms with Gasteiger partial charge in [0.1, 0.15) is 5.76 Å². The van der Waals surface area contributed by atoms with Gasteiger partial charge in [-0.3, -0.25) is 14.5 Å². The number of anilines is 1. The van der Waals surface area contributed by atoms with Gasteiger partial charge in [-0.2, -0.15) is 0 Å². The van der Waals surface area contributed by atoms with Crippen LogP contribution in [0.15, 0.2) is 52.3 Å². The lowest BCUT2D eigenvalue weighted by atomic mass is 9.70. The van der Waals surface area contributed by atoms with E-state index in [4.69, 9.17) is 4.42 Å². The fourth-order valence-corrected chi connectivity index (χ4v) is 4.53. The molecule has 4 nitrogen and oxygen atoms in total. The molecule has 140 valence electrons. The van der Waals surface area contributed by atoms with Crippen LogP contribution in [-0.4, -0.2) is 11.7 Å². The monoisotopic (exact) mass is 363 g/mol. The van der Waals surface area contributed by atoms with Gasteiger partial charge in [-0.05, 0) is 61.1 Å². The topological polar surface area (TPSA) is 50.5 Å². The zero-order chi connectivity index (χ0) is 19.3. The fraction of sp³-hybridized carbons (Fsp3) is 0.391. The quantitative estimate of drug-likeness (QED) is 0.749. The highest BCUT2D eigenvalue weighted by atomic mass is 16.3. The summed E-state index contributed by atoms with van der Waals surface area (Å²) in [5.41, 5.74) is 4.50. The van der Waals surface area contributed by atoms with E-state index in [-0.39, 0.29) is 29.4 Å². The van der Waals surface area contributed by atoms with E-state index in [9.17, 15) is 9.59 Å². The summed E-state index contributed by atoms with van der Waals surface area (Å²) in [4.78, 5) is 28.1. The Labute approximate surface area is 159 Å². The number of hydrogen-bond donors (Lipinski definition) is 0. The lowest BCUT2D eigenvalue weighted by Gasteiger charge is -2.42. The third-order valence-corrected chi connectivity index (χ3v) is 5.49. The number of ketones is 1. The van der Waals surface area contributed by atoms with Gasteiger partial charge in [0.2, 0.25) is 5.91 Å². The number of nitrogens with zero attached hydrogens (tertiary/aromatic N) is 1. The number of Topliss-reactive ketones (excluding diaryl/α,β-unsaturated/α-hetero) is 1. The van der Waals surface area contributed by atoms with Crippen molar-refractivity contribution in [3.8, 4) is 0 Å². The predicted molar refractivity (Wildman–Crippen MR) is 105 cm³/mol. The minimum Gasteiger partial charge on any atom is -0.469 e. The Morgan fingerprint density at radius 1 is 1.07 bits per heavy atom. The zero-order valence-electron chi connectivity index (χ0n) is 16.3. The Hall–Kier alpha value is -2.62. The molecule has 1 aliphatic heterocycles. The average Bonchev–Trinajstić information content (AvgIpc) is 3.05. The summed E-state index contributed by atoms with van der Waals surface area (Å²) in [5, 5.41) is 0. The molecule has 0 fully saturated rings. The second-order valence-corrected chi connectivity index (χ2v) is 8.65. The van der Waals surface area contributed by atoms with Crippen LogP contribution in [0.3, 0.4) is 0 Å². The van der Waals surface area contributed by atoms with E-state index in [1.807, 2.05) is 38.1 Å². The van der Waals surface area contributed by atoms with Crippen LogP contribution in [0.5, 0.6) is 0 Å². The van der Waals surface area contributed by atoms with Crippen molar-refractivity contribution in [3.63, 3.8) is 0 Å². The van der Waals surface area contributed by atoms with Gasteiger partial charge in [-0.25, -0.2) is 0 Å². The number of carbonyl (C=O) groups is 2. The lowest BCUT2D eigenvalue weighted by Crippen LogP contribution is -2.43. The molecule has 2 aliphatic rings. The molecule has 0 saturated carbocycles. The first-order valence-corrected chi connectivity index (χ1v) is 9.46. The number of hydrogen-bond acceptors (Lipinski definition) is 3. The summed E-state index contributed by atoms with van der Waals surface area (Å²) in [5.74, 6) is 0.562. The molecule has 0 radical (unpaired) electrons. The standard InChI is InChI=1S/C23H25NO3/c1-14-8-15(2)10-16(9-14)24-18-12-23(3,4)13-19(25)22(18)17(11-21(24)26)20-6-5-7-27-20/h5-10,17H,11-13H2,1-4H3. The number of furan rings is 1. The van der Waals surface area contributed by atoms with Crippen molar-refractivity contribution in [2.75, 3.05) is 4.90 Å². The summed E-state index contributed by atoms with van der Waals surface area (Å²) >= 11 is 0. The molecule has 27 heavy (non-hydrogen) atoms. The summed E-state index contributed by atoms with van der Waals surface area (Å²) in [6, 6.07) is 9.81. The van der Waals surface area contributed by atoms with E-state index < -0.39 is 0 Å². The van der Waals surface area contributed by atoms with Gasteiger partial charge in [0.05, 0.1) is 12.2 Å². The molecule has 1 atom stereocenters. The molecular weight excluding hydrogens is 338 g/mol. The van der Waals surface area contributed by atoms with Crippen LogP contribution in [0.4, 0.5) is 5.69 Å². The van der Waals surface area contributed by atoms with Gasteiger partial charge in [0.25, 0.3) is 0 Å². The molecule has 0 spiro atoms. The van der Waals surface area contributed by atoms with E-state index >= 15 is 0 Å². The van der Waals surface area contributed by atoms with E-state index in [0.29, 0.717) is 18.6 Å². The maximum Gasteiger partial charge on any atom is 0.232 e. The molecule has 2 aromatic rings. The molecule has 1 unspecified atom stereocenters. The summed E-state index contributed by atoms with van der Waals surface area (Å²) < 4.78 is 5.59. The molecule has 1 amide bonds. The number of benzene rings is 1. The van der Waals surface area contributed by atoms with Crippen LogP contribution in [-0.2, 0) is 9.59 Å². The highest BCUT2D eigenvalue weighted by Gasteiger charge is 2.45. The Kier molecular flexibility index (Phi) is 4.10. The number of amides is 1. The molecule has 2 heterocycles. The van der Waals surface area contributed by atoms with Crippen molar-refractivity contribution >= 4 is 17.4 Å². The Morgan fingerprint density at radius 3 is 2.41 bits per heavy atom. The van der Waals surface area contributed by atoms with Gasteiger partial charge in [0, 0.05) is 29.8 Å². The first-order chi connectivity index (χ1) is 12.7. The smallest absolute Gasteiger partial charge is 0.232 e. The van der Waals surface area contributed by atoms with Crippen molar-refractivity contribution < 1.29 is 14.0 Å². The van der Waals surface area contributed by atoms with E-state index in [0.717, 1.165) is 28.1 Å². The highest BCUT2D eigenvalue weighted by molar-refractivity contribution is 6.07. The number of carbonyl (C=O) groups excluding carboxylic acids is 2. The minimum atomic E-state index is -0.284. The Bertz CT molecular complexity index is 930. The highest BCUT2D eigenvalue weighted by Crippen LogP contribution is 2.48. The second-order valence-electron chi connectivity index (χ2n) is 8.65. The predicted octanol–water partition coefficient (Wildman–Crippen LogP) is 5.06. The van der Waals surface area contributed by atoms with Crippen LogP contribution in [0.1, 0.15) is 55.9 Å². The largest absolute Gasteiger partial charge is 0.469 e. The molecule has 0 saturated heterocycles. The van der Waals surface area contributed by atoms with E-state index in [1.54, 1.807) is 11.2 Å². The Balaban J connectivity index is 1.92. The third kappa shape index (κ3) is 3.14. The first kappa shape index (κ1) is 17.8. The summed E-state index contributed by atoms with van der Waals surface area (Å²) in [6.45, 7) is 8.24. The average molecular weight is 363 g/mol. The summed E-state index contributed by atoms with van der Waals surface area (Å²) in [6.07, 6.45) is 3.06. The number of rotatable bonds is 2. The normalized spacial score (nSPS) is 22.2. The van der Waals surface area contributed by atoms with Crippen molar-refractivity contribution in [1.29, 1.82) is 0 Å². The van der Waals surface area contributed by atoms with Crippen molar-refractivity contribution in [2.24, 2.45) is 5.41 Å². The van der Waals surface area contributed by atoms with E-state index in [1.165, 1.54) is 0 Å². The van der Waals surface area contributed by atoms with Crippen LogP contribution >= 0.6 is 0 Å². The number of allylic oxidation sites excluding steroid dienone is 2. The maximum absolute atomic E-state index is 13.2.